The van der Waals surface area contributed by atoms with Gasteiger partial charge in [-0.2, -0.15) is 0 Å². The fourth-order valence-electron chi connectivity index (χ4n) is 3.26. The maximum absolute atomic E-state index is 12.7. The topological polar surface area (TPSA) is 98.5 Å². The Kier molecular flexibility index (Phi) is 4.84. The first-order valence-corrected chi connectivity index (χ1v) is 9.07. The monoisotopic (exact) mass is 380 g/mol. The highest BCUT2D eigenvalue weighted by atomic mass is 16.5. The number of nitrogens with zero attached hydrogens (tertiary/aromatic N) is 2. The van der Waals surface area contributed by atoms with Crippen LogP contribution in [0, 0.1) is 0 Å². The van der Waals surface area contributed by atoms with Gasteiger partial charge in [0.05, 0.1) is 11.0 Å². The van der Waals surface area contributed by atoms with E-state index in [0.717, 1.165) is 0 Å². The Balaban J connectivity index is 1.33. The molecule has 0 bridgehead atoms. The van der Waals surface area contributed by atoms with Gasteiger partial charge in [-0.05, 0) is 30.3 Å². The third-order valence-electron chi connectivity index (χ3n) is 4.79. The standard InChI is InChI=1S/C20H20N4O4/c25-18(13-28-15-4-2-1-3-5-15)23-8-10-24(11-9-23)19(26)14-6-7-16-17(12-14)22-20(27)21-16/h1-7,12H,8-11,13H2,(H2,21,22,27). The number of imidazole rings is 1. The first-order chi connectivity index (χ1) is 13.6. The van der Waals surface area contributed by atoms with Crippen LogP contribution >= 0.6 is 0 Å². The molecular weight excluding hydrogens is 360 g/mol. The molecule has 1 aliphatic heterocycles. The zero-order chi connectivity index (χ0) is 19.5. The lowest BCUT2D eigenvalue weighted by molar-refractivity contribution is -0.134. The van der Waals surface area contributed by atoms with Gasteiger partial charge in [0.2, 0.25) is 0 Å². The average molecular weight is 380 g/mol. The number of ether oxygens (including phenoxy) is 1. The molecule has 4 rings (SSSR count). The molecule has 1 fully saturated rings. The van der Waals surface area contributed by atoms with Crippen molar-refractivity contribution in [3.8, 4) is 5.75 Å². The number of benzene rings is 2. The number of piperazine rings is 1. The van der Waals surface area contributed by atoms with E-state index < -0.39 is 0 Å². The molecule has 8 heteroatoms. The lowest BCUT2D eigenvalue weighted by atomic mass is 10.1. The number of hydrogen-bond acceptors (Lipinski definition) is 4. The summed E-state index contributed by atoms with van der Waals surface area (Å²) < 4.78 is 5.50. The van der Waals surface area contributed by atoms with Crippen LogP contribution in [0.1, 0.15) is 10.4 Å². The van der Waals surface area contributed by atoms with Gasteiger partial charge in [-0.15, -0.1) is 0 Å². The quantitative estimate of drug-likeness (QED) is 0.711. The second-order valence-corrected chi connectivity index (χ2v) is 6.61. The normalized spacial score (nSPS) is 14.3. The molecule has 0 radical (unpaired) electrons. The van der Waals surface area contributed by atoms with Crippen molar-refractivity contribution >= 4 is 22.8 Å². The van der Waals surface area contributed by atoms with Gasteiger partial charge in [0.1, 0.15) is 5.75 Å². The van der Waals surface area contributed by atoms with Gasteiger partial charge in [0.25, 0.3) is 11.8 Å². The van der Waals surface area contributed by atoms with Crippen LogP contribution in [0.15, 0.2) is 53.3 Å². The summed E-state index contributed by atoms with van der Waals surface area (Å²) in [5, 5.41) is 0. The van der Waals surface area contributed by atoms with E-state index in [9.17, 15) is 14.4 Å². The Bertz CT molecular complexity index is 1050. The lowest BCUT2D eigenvalue weighted by Crippen LogP contribution is -2.51. The summed E-state index contributed by atoms with van der Waals surface area (Å²) in [5.41, 5.74) is 1.47. The molecule has 144 valence electrons. The summed E-state index contributed by atoms with van der Waals surface area (Å²) in [6.45, 7) is 1.82. The van der Waals surface area contributed by atoms with Crippen molar-refractivity contribution in [2.24, 2.45) is 0 Å². The number of aromatic nitrogens is 2. The van der Waals surface area contributed by atoms with E-state index in [2.05, 4.69) is 9.97 Å². The van der Waals surface area contributed by atoms with Gasteiger partial charge < -0.3 is 24.5 Å². The zero-order valence-electron chi connectivity index (χ0n) is 15.2. The molecule has 1 saturated heterocycles. The average Bonchev–Trinajstić information content (AvgIpc) is 3.11. The molecular formula is C20H20N4O4. The molecule has 0 unspecified atom stereocenters. The van der Waals surface area contributed by atoms with Gasteiger partial charge >= 0.3 is 5.69 Å². The molecule has 0 aliphatic carbocycles. The van der Waals surface area contributed by atoms with Crippen LogP contribution in [0.2, 0.25) is 0 Å². The molecule has 3 aromatic rings. The Morgan fingerprint density at radius 2 is 1.57 bits per heavy atom. The number of carbonyl (C=O) groups excluding carboxylic acids is 2. The van der Waals surface area contributed by atoms with Crippen molar-refractivity contribution in [2.75, 3.05) is 32.8 Å². The van der Waals surface area contributed by atoms with E-state index in [-0.39, 0.29) is 24.1 Å². The predicted octanol–water partition coefficient (Wildman–Crippen LogP) is 1.22. The minimum absolute atomic E-state index is 0.0184. The molecule has 0 saturated carbocycles. The van der Waals surface area contributed by atoms with Crippen molar-refractivity contribution in [1.82, 2.24) is 19.8 Å². The van der Waals surface area contributed by atoms with Crippen LogP contribution in [-0.4, -0.2) is 64.4 Å². The molecule has 0 atom stereocenters. The highest BCUT2D eigenvalue weighted by Crippen LogP contribution is 2.14. The second-order valence-electron chi connectivity index (χ2n) is 6.61. The number of fused-ring (bicyclic) bond motifs is 1. The SMILES string of the molecule is O=C(COc1ccccc1)N1CCN(C(=O)c2ccc3[nH]c(=O)[nH]c3c2)CC1. The number of H-pyrrole nitrogens is 2. The first kappa shape index (κ1) is 17.8. The number of aromatic amines is 2. The number of nitrogens with one attached hydrogen (secondary N) is 2. The van der Waals surface area contributed by atoms with Gasteiger partial charge in [-0.25, -0.2) is 4.79 Å². The lowest BCUT2D eigenvalue weighted by Gasteiger charge is -2.34. The van der Waals surface area contributed by atoms with Gasteiger partial charge in [-0.3, -0.25) is 9.59 Å². The number of amides is 2. The molecule has 8 nitrogen and oxygen atoms in total. The second kappa shape index (κ2) is 7.59. The Morgan fingerprint density at radius 3 is 2.32 bits per heavy atom. The van der Waals surface area contributed by atoms with Crippen LogP contribution in [0.3, 0.4) is 0 Å². The Morgan fingerprint density at radius 1 is 0.893 bits per heavy atom. The van der Waals surface area contributed by atoms with Crippen LogP contribution < -0.4 is 10.4 Å². The summed E-state index contributed by atoms with van der Waals surface area (Å²) in [7, 11) is 0. The van der Waals surface area contributed by atoms with Crippen LogP contribution in [-0.2, 0) is 4.79 Å². The van der Waals surface area contributed by atoms with Gasteiger partial charge in [-0.1, -0.05) is 18.2 Å². The van der Waals surface area contributed by atoms with Crippen molar-refractivity contribution in [3.63, 3.8) is 0 Å². The number of rotatable bonds is 4. The summed E-state index contributed by atoms with van der Waals surface area (Å²) in [5.74, 6) is 0.446. The highest BCUT2D eigenvalue weighted by Gasteiger charge is 2.25. The fourth-order valence-corrected chi connectivity index (χ4v) is 3.26. The van der Waals surface area contributed by atoms with Gasteiger partial charge in [0, 0.05) is 31.7 Å². The minimum Gasteiger partial charge on any atom is -0.484 e. The van der Waals surface area contributed by atoms with Crippen LogP contribution in [0.25, 0.3) is 11.0 Å². The minimum atomic E-state index is -0.301. The van der Waals surface area contributed by atoms with E-state index in [1.807, 2.05) is 18.2 Å². The molecule has 1 aliphatic rings. The maximum atomic E-state index is 12.7. The summed E-state index contributed by atoms with van der Waals surface area (Å²) in [6.07, 6.45) is 0. The fraction of sp³-hybridized carbons (Fsp3) is 0.250. The smallest absolute Gasteiger partial charge is 0.323 e. The highest BCUT2D eigenvalue weighted by molar-refractivity contribution is 5.97. The van der Waals surface area contributed by atoms with E-state index in [0.29, 0.717) is 48.5 Å². The number of carbonyl (C=O) groups is 2. The van der Waals surface area contributed by atoms with Crippen molar-refractivity contribution in [3.05, 3.63) is 64.6 Å². The Hall–Kier alpha value is -3.55. The summed E-state index contributed by atoms with van der Waals surface area (Å²) in [4.78, 5) is 45.2. The largest absolute Gasteiger partial charge is 0.484 e. The molecule has 2 N–H and O–H groups in total. The summed E-state index contributed by atoms with van der Waals surface area (Å²) >= 11 is 0. The van der Waals surface area contributed by atoms with Crippen molar-refractivity contribution in [1.29, 1.82) is 0 Å². The third kappa shape index (κ3) is 3.75. The predicted molar refractivity (Wildman–Crippen MR) is 103 cm³/mol. The number of hydrogen-bond donors (Lipinski definition) is 2. The third-order valence-corrected chi connectivity index (χ3v) is 4.79. The molecule has 0 spiro atoms. The zero-order valence-corrected chi connectivity index (χ0v) is 15.2. The van der Waals surface area contributed by atoms with Crippen molar-refractivity contribution < 1.29 is 14.3 Å². The molecule has 1 aromatic heterocycles. The van der Waals surface area contributed by atoms with E-state index in [4.69, 9.17) is 4.74 Å². The van der Waals surface area contributed by atoms with Crippen LogP contribution in [0.4, 0.5) is 0 Å². The molecule has 2 amide bonds. The maximum Gasteiger partial charge on any atom is 0.323 e. The number of para-hydroxylation sites is 1. The van der Waals surface area contributed by atoms with E-state index in [1.54, 1.807) is 40.1 Å². The van der Waals surface area contributed by atoms with E-state index in [1.165, 1.54) is 0 Å². The summed E-state index contributed by atoms with van der Waals surface area (Å²) in [6, 6.07) is 14.3. The molecule has 28 heavy (non-hydrogen) atoms. The Labute approximate surface area is 160 Å². The van der Waals surface area contributed by atoms with Gasteiger partial charge in [0.15, 0.2) is 6.61 Å². The molecule has 2 aromatic carbocycles. The molecule has 2 heterocycles. The first-order valence-electron chi connectivity index (χ1n) is 9.07. The van der Waals surface area contributed by atoms with Crippen molar-refractivity contribution in [2.45, 2.75) is 0 Å². The van der Waals surface area contributed by atoms with Crippen LogP contribution in [0.5, 0.6) is 5.75 Å². The van der Waals surface area contributed by atoms with E-state index >= 15 is 0 Å².